The Morgan fingerprint density at radius 3 is 2.58 bits per heavy atom. The number of nitrogens with zero attached hydrogens (tertiary/aromatic N) is 2. The van der Waals surface area contributed by atoms with Gasteiger partial charge in [0.2, 0.25) is 11.8 Å². The molecular formula is C25H30N2O4. The van der Waals surface area contributed by atoms with Gasteiger partial charge in [-0.3, -0.25) is 9.59 Å². The number of rotatable bonds is 6. The summed E-state index contributed by atoms with van der Waals surface area (Å²) in [6, 6.07) is 13.9. The zero-order chi connectivity index (χ0) is 22.0. The molecule has 0 saturated carbocycles. The first-order valence-electron chi connectivity index (χ1n) is 10.9. The molecule has 0 radical (unpaired) electrons. The standard InChI is InChI=1S/C25H30N2O4/c1-17-6-8-18(9-7-17)15-26-16-19(13-24(26)28)25(29)27-12-4-5-22(27)21-11-10-20(30-2)14-23(21)31-3/h6-11,14,19,22H,4-5,12-13,15-16H2,1-3H3/t19-,22+/m1/s1. The molecule has 0 bridgehead atoms. The summed E-state index contributed by atoms with van der Waals surface area (Å²) in [5.41, 5.74) is 3.28. The summed E-state index contributed by atoms with van der Waals surface area (Å²) in [7, 11) is 3.26. The second-order valence-electron chi connectivity index (χ2n) is 8.46. The summed E-state index contributed by atoms with van der Waals surface area (Å²) in [6.45, 7) is 3.79. The van der Waals surface area contributed by atoms with Gasteiger partial charge in [0.25, 0.3) is 0 Å². The number of likely N-dealkylation sites (tertiary alicyclic amines) is 2. The maximum absolute atomic E-state index is 13.4. The fourth-order valence-corrected chi connectivity index (χ4v) is 4.69. The quantitative estimate of drug-likeness (QED) is 0.712. The maximum atomic E-state index is 13.4. The molecule has 0 unspecified atom stereocenters. The summed E-state index contributed by atoms with van der Waals surface area (Å²) in [5.74, 6) is 1.29. The van der Waals surface area contributed by atoms with Crippen LogP contribution in [0.1, 0.15) is 42.0 Å². The highest BCUT2D eigenvalue weighted by Gasteiger charge is 2.40. The number of methoxy groups -OCH3 is 2. The lowest BCUT2D eigenvalue weighted by Gasteiger charge is -2.28. The van der Waals surface area contributed by atoms with Crippen LogP contribution in [0.2, 0.25) is 0 Å². The van der Waals surface area contributed by atoms with Crippen molar-refractivity contribution in [2.24, 2.45) is 5.92 Å². The summed E-state index contributed by atoms with van der Waals surface area (Å²) in [4.78, 5) is 29.8. The number of carbonyl (C=O) groups is 2. The van der Waals surface area contributed by atoms with Gasteiger partial charge in [0.1, 0.15) is 11.5 Å². The molecule has 2 heterocycles. The lowest BCUT2D eigenvalue weighted by Crippen LogP contribution is -2.37. The van der Waals surface area contributed by atoms with Crippen molar-refractivity contribution in [3.8, 4) is 11.5 Å². The first-order valence-corrected chi connectivity index (χ1v) is 10.9. The molecule has 0 aliphatic carbocycles. The van der Waals surface area contributed by atoms with Crippen LogP contribution in [-0.4, -0.2) is 48.9 Å². The van der Waals surface area contributed by atoms with Gasteiger partial charge in [-0.2, -0.15) is 0 Å². The van der Waals surface area contributed by atoms with E-state index >= 15 is 0 Å². The van der Waals surface area contributed by atoms with Crippen molar-refractivity contribution in [1.82, 2.24) is 9.80 Å². The summed E-state index contributed by atoms with van der Waals surface area (Å²) >= 11 is 0. The first kappa shape index (κ1) is 21.2. The van der Waals surface area contributed by atoms with Crippen molar-refractivity contribution in [2.45, 2.75) is 38.8 Å². The third kappa shape index (κ3) is 4.38. The van der Waals surface area contributed by atoms with Gasteiger partial charge in [-0.1, -0.05) is 29.8 Å². The van der Waals surface area contributed by atoms with Crippen molar-refractivity contribution in [3.05, 3.63) is 59.2 Å². The van der Waals surface area contributed by atoms with Crippen molar-refractivity contribution in [3.63, 3.8) is 0 Å². The van der Waals surface area contributed by atoms with E-state index in [0.717, 1.165) is 35.5 Å². The highest BCUT2D eigenvalue weighted by molar-refractivity contribution is 5.89. The van der Waals surface area contributed by atoms with E-state index in [1.54, 1.807) is 14.2 Å². The molecule has 2 fully saturated rings. The van der Waals surface area contributed by atoms with Crippen molar-refractivity contribution in [1.29, 1.82) is 0 Å². The number of hydrogen-bond donors (Lipinski definition) is 0. The predicted octanol–water partition coefficient (Wildman–Crippen LogP) is 3.72. The second-order valence-corrected chi connectivity index (χ2v) is 8.46. The topological polar surface area (TPSA) is 59.1 Å². The van der Waals surface area contributed by atoms with E-state index in [-0.39, 0.29) is 30.2 Å². The lowest BCUT2D eigenvalue weighted by atomic mass is 10.0. The molecule has 0 aromatic heterocycles. The van der Waals surface area contributed by atoms with Crippen molar-refractivity contribution < 1.29 is 19.1 Å². The molecule has 0 N–H and O–H groups in total. The predicted molar refractivity (Wildman–Crippen MR) is 118 cm³/mol. The number of benzene rings is 2. The SMILES string of the molecule is COc1ccc([C@@H]2CCCN2C(=O)[C@@H]2CC(=O)N(Cc3ccc(C)cc3)C2)c(OC)c1. The fraction of sp³-hybridized carbons (Fsp3) is 0.440. The normalized spacial score (nSPS) is 20.9. The largest absolute Gasteiger partial charge is 0.497 e. The molecule has 2 aromatic rings. The molecule has 2 amide bonds. The van der Waals surface area contributed by atoms with E-state index < -0.39 is 0 Å². The summed E-state index contributed by atoms with van der Waals surface area (Å²) < 4.78 is 10.9. The van der Waals surface area contributed by atoms with E-state index in [9.17, 15) is 9.59 Å². The molecule has 2 aliphatic heterocycles. The molecule has 6 nitrogen and oxygen atoms in total. The van der Waals surface area contributed by atoms with Gasteiger partial charge in [0.15, 0.2) is 0 Å². The Bertz CT molecular complexity index is 956. The highest BCUT2D eigenvalue weighted by Crippen LogP contribution is 2.40. The Balaban J connectivity index is 1.47. The molecule has 2 atom stereocenters. The van der Waals surface area contributed by atoms with Gasteiger partial charge in [0.05, 0.1) is 26.2 Å². The lowest BCUT2D eigenvalue weighted by molar-refractivity contribution is -0.136. The molecule has 2 saturated heterocycles. The van der Waals surface area contributed by atoms with Crippen LogP contribution in [0.5, 0.6) is 11.5 Å². The van der Waals surface area contributed by atoms with E-state index in [4.69, 9.17) is 9.47 Å². The third-order valence-corrected chi connectivity index (χ3v) is 6.39. The van der Waals surface area contributed by atoms with Gasteiger partial charge in [-0.05, 0) is 37.5 Å². The molecular weight excluding hydrogens is 392 g/mol. The number of carbonyl (C=O) groups excluding carboxylic acids is 2. The number of hydrogen-bond acceptors (Lipinski definition) is 4. The van der Waals surface area contributed by atoms with Crippen LogP contribution in [0.3, 0.4) is 0 Å². The number of ether oxygens (including phenoxy) is 2. The van der Waals surface area contributed by atoms with Crippen LogP contribution in [0.15, 0.2) is 42.5 Å². The number of amides is 2. The van der Waals surface area contributed by atoms with E-state index in [2.05, 4.69) is 12.1 Å². The average Bonchev–Trinajstić information content (AvgIpc) is 3.41. The minimum atomic E-state index is -0.289. The molecule has 164 valence electrons. The van der Waals surface area contributed by atoms with E-state index in [1.807, 2.05) is 47.1 Å². The minimum absolute atomic E-state index is 0.0328. The Kier molecular flexibility index (Phi) is 6.16. The Labute approximate surface area is 183 Å². The van der Waals surface area contributed by atoms with Gasteiger partial charge >= 0.3 is 0 Å². The average molecular weight is 423 g/mol. The van der Waals surface area contributed by atoms with Crippen LogP contribution >= 0.6 is 0 Å². The summed E-state index contributed by atoms with van der Waals surface area (Å²) in [6.07, 6.45) is 2.12. The Hall–Kier alpha value is -3.02. The van der Waals surface area contributed by atoms with E-state index in [1.165, 1.54) is 5.56 Å². The third-order valence-electron chi connectivity index (χ3n) is 6.39. The summed E-state index contributed by atoms with van der Waals surface area (Å²) in [5, 5.41) is 0. The van der Waals surface area contributed by atoms with Crippen LogP contribution in [0.4, 0.5) is 0 Å². The van der Waals surface area contributed by atoms with Gasteiger partial charge < -0.3 is 19.3 Å². The van der Waals surface area contributed by atoms with Crippen LogP contribution in [-0.2, 0) is 16.1 Å². The maximum Gasteiger partial charge on any atom is 0.228 e. The molecule has 6 heteroatoms. The Morgan fingerprint density at radius 1 is 1.10 bits per heavy atom. The zero-order valence-corrected chi connectivity index (χ0v) is 18.5. The molecule has 2 aromatic carbocycles. The van der Waals surface area contributed by atoms with Gasteiger partial charge in [0, 0.05) is 37.7 Å². The molecule has 0 spiro atoms. The van der Waals surface area contributed by atoms with E-state index in [0.29, 0.717) is 19.6 Å². The number of aryl methyl sites for hydroxylation is 1. The van der Waals surface area contributed by atoms with Gasteiger partial charge in [-0.25, -0.2) is 0 Å². The smallest absolute Gasteiger partial charge is 0.228 e. The monoisotopic (exact) mass is 422 g/mol. The fourth-order valence-electron chi connectivity index (χ4n) is 4.69. The molecule has 2 aliphatic rings. The second kappa shape index (κ2) is 9.00. The van der Waals surface area contributed by atoms with Crippen molar-refractivity contribution >= 4 is 11.8 Å². The molecule has 4 rings (SSSR count). The van der Waals surface area contributed by atoms with Crippen LogP contribution in [0, 0.1) is 12.8 Å². The van der Waals surface area contributed by atoms with Crippen LogP contribution in [0.25, 0.3) is 0 Å². The highest BCUT2D eigenvalue weighted by atomic mass is 16.5. The molecule has 31 heavy (non-hydrogen) atoms. The minimum Gasteiger partial charge on any atom is -0.497 e. The van der Waals surface area contributed by atoms with Gasteiger partial charge in [-0.15, -0.1) is 0 Å². The van der Waals surface area contributed by atoms with Crippen LogP contribution < -0.4 is 9.47 Å². The van der Waals surface area contributed by atoms with Crippen molar-refractivity contribution in [2.75, 3.05) is 27.3 Å². The first-order chi connectivity index (χ1) is 15.0. The zero-order valence-electron chi connectivity index (χ0n) is 18.5. The Morgan fingerprint density at radius 2 is 1.87 bits per heavy atom.